The number of carbonyl (C=O) groups is 2. The Morgan fingerprint density at radius 2 is 1.96 bits per heavy atom. The molecule has 0 saturated carbocycles. The molecule has 4 nitrogen and oxygen atoms in total. The van der Waals surface area contributed by atoms with Crippen LogP contribution in [0.25, 0.3) is 0 Å². The first-order valence-electron chi connectivity index (χ1n) is 9.49. The van der Waals surface area contributed by atoms with Crippen LogP contribution in [0.2, 0.25) is 0 Å². The van der Waals surface area contributed by atoms with Crippen molar-refractivity contribution in [1.82, 2.24) is 0 Å². The maximum atomic E-state index is 12.9. The second-order valence-corrected chi connectivity index (χ2v) is 7.86. The quantitative estimate of drug-likeness (QED) is 0.238. The molecule has 2 rings (SSSR count). The molecular formula is C22H28O4S2. The Morgan fingerprint density at radius 1 is 1.25 bits per heavy atom. The van der Waals surface area contributed by atoms with E-state index in [-0.39, 0.29) is 11.8 Å². The van der Waals surface area contributed by atoms with Crippen LogP contribution in [0.5, 0.6) is 5.75 Å². The Balaban J connectivity index is 1.89. The standard InChI is InChI=1S/C22H28O4S2/c1-4-20(23)26-12-8-6-5-7-11-25-18-10-9-15(2)21-16(18)13-17(22(21)24)19(14-27)28-3/h4,9-10,27H,1,5-8,11-14H2,2-3H3/b19-17-. The van der Waals surface area contributed by atoms with Crippen molar-refractivity contribution in [2.24, 2.45) is 0 Å². The van der Waals surface area contributed by atoms with Crippen LogP contribution in [0.3, 0.4) is 0 Å². The number of unbranched alkanes of at least 4 members (excludes halogenated alkanes) is 3. The summed E-state index contributed by atoms with van der Waals surface area (Å²) in [5.41, 5.74) is 3.65. The van der Waals surface area contributed by atoms with Crippen LogP contribution in [0.15, 0.2) is 35.3 Å². The van der Waals surface area contributed by atoms with Crippen LogP contribution in [-0.4, -0.2) is 37.0 Å². The molecule has 0 fully saturated rings. The van der Waals surface area contributed by atoms with Gasteiger partial charge in [0.25, 0.3) is 0 Å². The first-order valence-corrected chi connectivity index (χ1v) is 11.3. The number of fused-ring (bicyclic) bond motifs is 1. The van der Waals surface area contributed by atoms with Gasteiger partial charge >= 0.3 is 5.97 Å². The molecule has 0 radical (unpaired) electrons. The second kappa shape index (κ2) is 11.4. The zero-order valence-electron chi connectivity index (χ0n) is 16.6. The Hall–Kier alpha value is -1.66. The largest absolute Gasteiger partial charge is 0.493 e. The Labute approximate surface area is 177 Å². The third-order valence-corrected chi connectivity index (χ3v) is 6.18. The summed E-state index contributed by atoms with van der Waals surface area (Å²) in [5.74, 6) is 1.13. The summed E-state index contributed by atoms with van der Waals surface area (Å²) in [4.78, 5) is 24.9. The summed E-state index contributed by atoms with van der Waals surface area (Å²) in [6, 6.07) is 3.93. The molecule has 1 aromatic rings. The molecular weight excluding hydrogens is 392 g/mol. The normalized spacial score (nSPS) is 14.6. The highest BCUT2D eigenvalue weighted by atomic mass is 32.2. The minimum absolute atomic E-state index is 0.116. The fourth-order valence-corrected chi connectivity index (χ4v) is 4.38. The van der Waals surface area contributed by atoms with Gasteiger partial charge in [0.2, 0.25) is 0 Å². The van der Waals surface area contributed by atoms with E-state index in [9.17, 15) is 9.59 Å². The van der Waals surface area contributed by atoms with Crippen LogP contribution in [0.1, 0.15) is 47.2 Å². The van der Waals surface area contributed by atoms with Gasteiger partial charge in [0.05, 0.1) is 13.2 Å². The maximum Gasteiger partial charge on any atom is 0.330 e. The van der Waals surface area contributed by atoms with E-state index < -0.39 is 0 Å². The minimum atomic E-state index is -0.373. The third-order valence-electron chi connectivity index (χ3n) is 4.77. The predicted octanol–water partition coefficient (Wildman–Crippen LogP) is 4.95. The molecule has 0 saturated heterocycles. The van der Waals surface area contributed by atoms with Gasteiger partial charge in [-0.15, -0.1) is 11.8 Å². The number of hydrogen-bond donors (Lipinski definition) is 1. The molecule has 6 heteroatoms. The van der Waals surface area contributed by atoms with Crippen molar-refractivity contribution >= 4 is 36.1 Å². The number of aryl methyl sites for hydroxylation is 1. The van der Waals surface area contributed by atoms with Gasteiger partial charge in [-0.1, -0.05) is 12.6 Å². The van der Waals surface area contributed by atoms with Crippen molar-refractivity contribution in [1.29, 1.82) is 0 Å². The summed E-state index contributed by atoms with van der Waals surface area (Å²) in [7, 11) is 0. The molecule has 28 heavy (non-hydrogen) atoms. The van der Waals surface area contributed by atoms with Crippen LogP contribution in [-0.2, 0) is 16.0 Å². The summed E-state index contributed by atoms with van der Waals surface area (Å²) in [5, 5.41) is 0. The molecule has 0 spiro atoms. The van der Waals surface area contributed by atoms with Gasteiger partial charge in [-0.2, -0.15) is 12.6 Å². The summed E-state index contributed by atoms with van der Waals surface area (Å²) in [6.07, 6.45) is 7.51. The summed E-state index contributed by atoms with van der Waals surface area (Å²) < 4.78 is 11.0. The van der Waals surface area contributed by atoms with Crippen molar-refractivity contribution in [2.75, 3.05) is 25.2 Å². The molecule has 1 aliphatic rings. The van der Waals surface area contributed by atoms with Crippen molar-refractivity contribution in [3.05, 3.63) is 52.0 Å². The second-order valence-electron chi connectivity index (χ2n) is 6.64. The van der Waals surface area contributed by atoms with Crippen molar-refractivity contribution in [3.63, 3.8) is 0 Å². The molecule has 0 heterocycles. The summed E-state index contributed by atoms with van der Waals surface area (Å²) >= 11 is 5.96. The number of esters is 1. The average Bonchev–Trinajstić information content (AvgIpc) is 3.04. The molecule has 0 aliphatic heterocycles. The number of allylic oxidation sites excluding steroid dienone is 1. The van der Waals surface area contributed by atoms with E-state index in [1.54, 1.807) is 11.8 Å². The van der Waals surface area contributed by atoms with Crippen molar-refractivity contribution < 1.29 is 19.1 Å². The molecule has 0 N–H and O–H groups in total. The molecule has 0 atom stereocenters. The van der Waals surface area contributed by atoms with Gasteiger partial charge in [0.15, 0.2) is 5.78 Å². The number of carbonyl (C=O) groups excluding carboxylic acids is 2. The van der Waals surface area contributed by atoms with E-state index in [1.807, 2.05) is 25.3 Å². The van der Waals surface area contributed by atoms with E-state index in [1.165, 1.54) is 6.08 Å². The molecule has 0 unspecified atom stereocenters. The highest BCUT2D eigenvalue weighted by Gasteiger charge is 2.31. The van der Waals surface area contributed by atoms with Crippen molar-refractivity contribution in [2.45, 2.75) is 39.0 Å². The van der Waals surface area contributed by atoms with Crippen molar-refractivity contribution in [3.8, 4) is 5.75 Å². The smallest absolute Gasteiger partial charge is 0.330 e. The number of Topliss-reactive ketones (excluding diaryl/α,β-unsaturated/α-hetero) is 1. The molecule has 0 amide bonds. The molecule has 0 aromatic heterocycles. The van der Waals surface area contributed by atoms with Gasteiger partial charge in [-0.3, -0.25) is 4.79 Å². The Morgan fingerprint density at radius 3 is 2.61 bits per heavy atom. The molecule has 1 aromatic carbocycles. The maximum absolute atomic E-state index is 12.9. The number of ether oxygens (including phenoxy) is 2. The number of ketones is 1. The predicted molar refractivity (Wildman–Crippen MR) is 119 cm³/mol. The molecule has 1 aliphatic carbocycles. The SMILES string of the molecule is C=CC(=O)OCCCCCCOc1ccc(C)c2c1C/C(=C(\CS)SC)C2=O. The number of thioether (sulfide) groups is 1. The highest BCUT2D eigenvalue weighted by molar-refractivity contribution is 8.03. The van der Waals surface area contributed by atoms with Gasteiger partial charge in [0, 0.05) is 39.9 Å². The van der Waals surface area contributed by atoms with E-state index in [0.717, 1.165) is 58.6 Å². The molecule has 0 bridgehead atoms. The van der Waals surface area contributed by atoms with Gasteiger partial charge < -0.3 is 9.47 Å². The minimum Gasteiger partial charge on any atom is -0.493 e. The van der Waals surface area contributed by atoms with Gasteiger partial charge in [0.1, 0.15) is 5.75 Å². The van der Waals surface area contributed by atoms with Crippen LogP contribution in [0.4, 0.5) is 0 Å². The van der Waals surface area contributed by atoms with E-state index in [0.29, 0.717) is 25.4 Å². The third kappa shape index (κ3) is 5.67. The average molecular weight is 421 g/mol. The number of benzene rings is 1. The monoisotopic (exact) mass is 420 g/mol. The lowest BCUT2D eigenvalue weighted by Crippen LogP contribution is -2.03. The fourth-order valence-electron chi connectivity index (χ4n) is 3.26. The van der Waals surface area contributed by atoms with Crippen LogP contribution >= 0.6 is 24.4 Å². The van der Waals surface area contributed by atoms with E-state index >= 15 is 0 Å². The summed E-state index contributed by atoms with van der Waals surface area (Å²) in [6.45, 7) is 6.38. The fraction of sp³-hybridized carbons (Fsp3) is 0.455. The zero-order chi connectivity index (χ0) is 20.5. The topological polar surface area (TPSA) is 52.6 Å². The Kier molecular flexibility index (Phi) is 9.19. The first kappa shape index (κ1) is 22.6. The molecule has 152 valence electrons. The lowest BCUT2D eigenvalue weighted by atomic mass is 10.0. The Bertz CT molecular complexity index is 762. The number of rotatable bonds is 11. The van der Waals surface area contributed by atoms with Crippen LogP contribution in [0, 0.1) is 6.92 Å². The lowest BCUT2D eigenvalue weighted by molar-refractivity contribution is -0.137. The first-order chi connectivity index (χ1) is 13.5. The number of thiol groups is 1. The van der Waals surface area contributed by atoms with E-state index in [2.05, 4.69) is 19.2 Å². The van der Waals surface area contributed by atoms with Gasteiger partial charge in [-0.05, 0) is 50.5 Å². The van der Waals surface area contributed by atoms with Gasteiger partial charge in [-0.25, -0.2) is 4.79 Å². The zero-order valence-corrected chi connectivity index (χ0v) is 18.3. The van der Waals surface area contributed by atoms with Crippen LogP contribution < -0.4 is 4.74 Å². The highest BCUT2D eigenvalue weighted by Crippen LogP contribution is 2.38. The lowest BCUT2D eigenvalue weighted by Gasteiger charge is -2.11. The number of hydrogen-bond acceptors (Lipinski definition) is 6. The van der Waals surface area contributed by atoms with E-state index in [4.69, 9.17) is 9.47 Å².